The Balaban J connectivity index is 2.18. The summed E-state index contributed by atoms with van der Waals surface area (Å²) in [5.74, 6) is 0.660. The van der Waals surface area contributed by atoms with E-state index in [-0.39, 0.29) is 0 Å². The quantitative estimate of drug-likeness (QED) is 0.504. The summed E-state index contributed by atoms with van der Waals surface area (Å²) in [6, 6.07) is 0.361. The van der Waals surface area contributed by atoms with E-state index in [1.165, 1.54) is 5.06 Å². The van der Waals surface area contributed by atoms with Gasteiger partial charge in [0.05, 0.1) is 0 Å². The third-order valence-electron chi connectivity index (χ3n) is 1.75. The van der Waals surface area contributed by atoms with Gasteiger partial charge in [0, 0.05) is 6.04 Å². The standard InChI is InChI=1S/C6H12NO/c1-3-7(8)6-4-5(6)2/h5-6H,3-4H2,1-2H3/q-1/t5-,6?/m1/s1. The molecule has 1 unspecified atom stereocenters. The molecular weight excluding hydrogens is 102 g/mol. The Hall–Kier alpha value is -0.0800. The van der Waals surface area contributed by atoms with Crippen molar-refractivity contribution < 1.29 is 0 Å². The van der Waals surface area contributed by atoms with Gasteiger partial charge >= 0.3 is 0 Å². The summed E-state index contributed by atoms with van der Waals surface area (Å²) < 4.78 is 0. The second-order valence-electron chi connectivity index (χ2n) is 2.51. The molecule has 1 aliphatic rings. The molecule has 0 aliphatic heterocycles. The van der Waals surface area contributed by atoms with E-state index >= 15 is 0 Å². The van der Waals surface area contributed by atoms with E-state index in [1.54, 1.807) is 0 Å². The van der Waals surface area contributed by atoms with E-state index < -0.39 is 0 Å². The summed E-state index contributed by atoms with van der Waals surface area (Å²) >= 11 is 0. The molecule has 0 bridgehead atoms. The highest BCUT2D eigenvalue weighted by atomic mass is 16.5. The van der Waals surface area contributed by atoms with Crippen molar-refractivity contribution >= 4 is 0 Å². The topological polar surface area (TPSA) is 26.3 Å². The Bertz CT molecular complexity index is 82.6. The Labute approximate surface area is 50.1 Å². The fraction of sp³-hybridized carbons (Fsp3) is 1.00. The smallest absolute Gasteiger partial charge is 0.000360 e. The molecular formula is C6H12NO-. The van der Waals surface area contributed by atoms with Crippen molar-refractivity contribution in [1.82, 2.24) is 5.06 Å². The second kappa shape index (κ2) is 2.03. The van der Waals surface area contributed by atoms with Gasteiger partial charge in [0.25, 0.3) is 0 Å². The van der Waals surface area contributed by atoms with Crippen molar-refractivity contribution in [3.8, 4) is 0 Å². The van der Waals surface area contributed by atoms with Crippen molar-refractivity contribution in [2.75, 3.05) is 6.54 Å². The molecule has 48 valence electrons. The predicted octanol–water partition coefficient (Wildman–Crippen LogP) is 1.21. The first-order chi connectivity index (χ1) is 3.75. The minimum absolute atomic E-state index is 0.361. The lowest BCUT2D eigenvalue weighted by atomic mass is 10.5. The van der Waals surface area contributed by atoms with Gasteiger partial charge < -0.3 is 10.3 Å². The number of rotatable bonds is 2. The van der Waals surface area contributed by atoms with Gasteiger partial charge in [-0.05, 0) is 18.9 Å². The first-order valence-electron chi connectivity index (χ1n) is 3.19. The fourth-order valence-electron chi connectivity index (χ4n) is 0.938. The van der Waals surface area contributed by atoms with Crippen LogP contribution in [0.25, 0.3) is 0 Å². The van der Waals surface area contributed by atoms with Crippen molar-refractivity contribution in [1.29, 1.82) is 0 Å². The monoisotopic (exact) mass is 114 g/mol. The maximum atomic E-state index is 10.7. The summed E-state index contributed by atoms with van der Waals surface area (Å²) in [5.41, 5.74) is 0. The average molecular weight is 114 g/mol. The molecule has 1 fully saturated rings. The summed E-state index contributed by atoms with van der Waals surface area (Å²) in [5, 5.41) is 11.9. The van der Waals surface area contributed by atoms with Crippen LogP contribution in [0.4, 0.5) is 0 Å². The summed E-state index contributed by atoms with van der Waals surface area (Å²) in [6.07, 6.45) is 1.11. The van der Waals surface area contributed by atoms with Gasteiger partial charge in [-0.15, -0.1) is 0 Å². The molecule has 0 amide bonds. The number of hydrogen-bond acceptors (Lipinski definition) is 2. The Morgan fingerprint density at radius 2 is 2.25 bits per heavy atom. The molecule has 0 N–H and O–H groups in total. The molecule has 0 radical (unpaired) electrons. The van der Waals surface area contributed by atoms with Crippen molar-refractivity contribution in [3.63, 3.8) is 0 Å². The third kappa shape index (κ3) is 1.01. The zero-order chi connectivity index (χ0) is 6.15. The van der Waals surface area contributed by atoms with Crippen molar-refractivity contribution in [2.45, 2.75) is 26.3 Å². The van der Waals surface area contributed by atoms with Crippen LogP contribution in [0.3, 0.4) is 0 Å². The van der Waals surface area contributed by atoms with Crippen LogP contribution in [-0.4, -0.2) is 17.6 Å². The molecule has 0 heterocycles. The fourth-order valence-corrected chi connectivity index (χ4v) is 0.938. The van der Waals surface area contributed by atoms with Crippen LogP contribution in [0.15, 0.2) is 0 Å². The van der Waals surface area contributed by atoms with Gasteiger partial charge in [-0.1, -0.05) is 13.8 Å². The Kier molecular flexibility index (Phi) is 1.54. The molecule has 0 aromatic heterocycles. The summed E-state index contributed by atoms with van der Waals surface area (Å²) in [6.45, 7) is 4.66. The first-order valence-corrected chi connectivity index (χ1v) is 3.19. The molecule has 0 aromatic carbocycles. The Morgan fingerprint density at radius 1 is 1.75 bits per heavy atom. The van der Waals surface area contributed by atoms with Crippen molar-refractivity contribution in [2.24, 2.45) is 5.92 Å². The maximum Gasteiger partial charge on any atom is 0.000360 e. The highest BCUT2D eigenvalue weighted by molar-refractivity contribution is 4.91. The molecule has 1 rings (SSSR count). The van der Waals surface area contributed by atoms with E-state index in [0.717, 1.165) is 6.42 Å². The molecule has 1 saturated carbocycles. The van der Waals surface area contributed by atoms with E-state index in [2.05, 4.69) is 6.92 Å². The lowest BCUT2D eigenvalue weighted by Gasteiger charge is -2.26. The molecule has 2 atom stereocenters. The molecule has 1 aliphatic carbocycles. The van der Waals surface area contributed by atoms with E-state index in [1.807, 2.05) is 6.92 Å². The van der Waals surface area contributed by atoms with Gasteiger partial charge in [0.15, 0.2) is 0 Å². The molecule has 0 aromatic rings. The zero-order valence-electron chi connectivity index (χ0n) is 5.42. The molecule has 0 saturated heterocycles. The highest BCUT2D eigenvalue weighted by Gasteiger charge is 2.32. The summed E-state index contributed by atoms with van der Waals surface area (Å²) in [7, 11) is 0. The van der Waals surface area contributed by atoms with Gasteiger partial charge in [0.1, 0.15) is 0 Å². The minimum Gasteiger partial charge on any atom is -0.785 e. The molecule has 2 heteroatoms. The molecule has 8 heavy (non-hydrogen) atoms. The third-order valence-corrected chi connectivity index (χ3v) is 1.75. The highest BCUT2D eigenvalue weighted by Crippen LogP contribution is 2.33. The van der Waals surface area contributed by atoms with Crippen molar-refractivity contribution in [3.05, 3.63) is 5.21 Å². The SMILES string of the molecule is CCN([O-])C1C[C@H]1C. The zero-order valence-corrected chi connectivity index (χ0v) is 5.42. The van der Waals surface area contributed by atoms with E-state index in [0.29, 0.717) is 18.5 Å². The lowest BCUT2D eigenvalue weighted by molar-refractivity contribution is 0.373. The van der Waals surface area contributed by atoms with Gasteiger partial charge in [-0.25, -0.2) is 0 Å². The van der Waals surface area contributed by atoms with Crippen LogP contribution in [0, 0.1) is 11.1 Å². The van der Waals surface area contributed by atoms with Crippen LogP contribution >= 0.6 is 0 Å². The maximum absolute atomic E-state index is 10.7. The number of nitrogens with zero attached hydrogens (tertiary/aromatic N) is 1. The minimum atomic E-state index is 0.361. The predicted molar refractivity (Wildman–Crippen MR) is 33.3 cm³/mol. The van der Waals surface area contributed by atoms with Crippen LogP contribution in [0.2, 0.25) is 0 Å². The molecule has 0 spiro atoms. The van der Waals surface area contributed by atoms with E-state index in [4.69, 9.17) is 0 Å². The summed E-state index contributed by atoms with van der Waals surface area (Å²) in [4.78, 5) is 0. The first kappa shape index (κ1) is 6.05. The van der Waals surface area contributed by atoms with Crippen LogP contribution in [-0.2, 0) is 0 Å². The normalized spacial score (nSPS) is 36.0. The van der Waals surface area contributed by atoms with Crippen LogP contribution in [0.1, 0.15) is 20.3 Å². The van der Waals surface area contributed by atoms with Gasteiger partial charge in [-0.2, -0.15) is 0 Å². The second-order valence-corrected chi connectivity index (χ2v) is 2.51. The lowest BCUT2D eigenvalue weighted by Crippen LogP contribution is -2.18. The van der Waals surface area contributed by atoms with Crippen LogP contribution in [0.5, 0.6) is 0 Å². The number of hydroxylamine groups is 2. The van der Waals surface area contributed by atoms with E-state index in [9.17, 15) is 5.21 Å². The van der Waals surface area contributed by atoms with Gasteiger partial charge in [0.2, 0.25) is 0 Å². The molecule has 2 nitrogen and oxygen atoms in total. The Morgan fingerprint density at radius 3 is 2.38 bits per heavy atom. The van der Waals surface area contributed by atoms with Crippen LogP contribution < -0.4 is 0 Å². The average Bonchev–Trinajstić information content (AvgIpc) is 2.45. The number of hydrogen-bond donors (Lipinski definition) is 0. The largest absolute Gasteiger partial charge is 0.785 e. The van der Waals surface area contributed by atoms with Gasteiger partial charge in [-0.3, -0.25) is 0 Å².